The number of carboxylic acids is 1. The molecular weight excluding hydrogens is 578 g/mol. The Morgan fingerprint density at radius 3 is 2.66 bits per heavy atom. The summed E-state index contributed by atoms with van der Waals surface area (Å²) in [6.45, 7) is 5.21. The van der Waals surface area contributed by atoms with Crippen LogP contribution in [0.4, 0.5) is 11.4 Å². The van der Waals surface area contributed by atoms with E-state index in [1.54, 1.807) is 4.90 Å². The Kier molecular flexibility index (Phi) is 7.27. The van der Waals surface area contributed by atoms with Crippen LogP contribution in [0, 0.1) is 6.92 Å². The molecule has 0 unspecified atom stereocenters. The van der Waals surface area contributed by atoms with Crippen molar-refractivity contribution in [1.82, 2.24) is 24.8 Å². The van der Waals surface area contributed by atoms with E-state index in [1.807, 2.05) is 53.8 Å². The van der Waals surface area contributed by atoms with Crippen LogP contribution in [-0.2, 0) is 44.2 Å². The molecule has 0 saturated heterocycles. The van der Waals surface area contributed by atoms with Gasteiger partial charge in [0.15, 0.2) is 10.8 Å². The van der Waals surface area contributed by atoms with Crippen LogP contribution < -0.4 is 15.5 Å². The van der Waals surface area contributed by atoms with Crippen molar-refractivity contribution in [3.8, 4) is 11.1 Å². The molecule has 2 aromatic heterocycles. The second kappa shape index (κ2) is 11.3. The van der Waals surface area contributed by atoms with Gasteiger partial charge in [0.25, 0.3) is 11.8 Å². The standard InChI is InChI=1S/C32H33N7O4S/c1-18-19(5-3-7-22(18)35-30(42)29-34-23-9-12-33-15-26(23)37(29)2)20-6-4-8-25-21(20)10-14-39(25)32(43)31-36-24-11-13-38(17-28(40)41)16-27(24)44-31/h3-8,33H,9-17H2,1-2H3,(H,35,42)(H,40,41). The molecule has 0 saturated carbocycles. The Morgan fingerprint density at radius 2 is 1.84 bits per heavy atom. The molecule has 2 aromatic carbocycles. The van der Waals surface area contributed by atoms with Crippen LogP contribution in [0.2, 0.25) is 0 Å². The summed E-state index contributed by atoms with van der Waals surface area (Å²) < 4.78 is 1.87. The number of rotatable bonds is 6. The van der Waals surface area contributed by atoms with Crippen LogP contribution in [0.25, 0.3) is 11.1 Å². The molecule has 226 valence electrons. The fraction of sp³-hybridized carbons (Fsp3) is 0.344. The molecule has 4 aromatic rings. The number of nitrogens with one attached hydrogen (secondary N) is 2. The Morgan fingerprint density at radius 1 is 1.02 bits per heavy atom. The normalized spacial score (nSPS) is 15.9. The summed E-state index contributed by atoms with van der Waals surface area (Å²) in [5, 5.41) is 16.0. The molecule has 0 radical (unpaired) electrons. The maximum Gasteiger partial charge on any atom is 0.317 e. The van der Waals surface area contributed by atoms with Gasteiger partial charge in [0.05, 0.1) is 23.6 Å². The number of carbonyl (C=O) groups excluding carboxylic acids is 2. The lowest BCUT2D eigenvalue weighted by atomic mass is 9.93. The summed E-state index contributed by atoms with van der Waals surface area (Å²) in [5.74, 6) is -0.826. The minimum absolute atomic E-state index is 0.0181. The van der Waals surface area contributed by atoms with Crippen molar-refractivity contribution in [2.75, 3.05) is 36.4 Å². The highest BCUT2D eigenvalue weighted by atomic mass is 32.1. The van der Waals surface area contributed by atoms with E-state index in [4.69, 9.17) is 5.11 Å². The molecule has 0 fully saturated rings. The number of benzene rings is 2. The summed E-state index contributed by atoms with van der Waals surface area (Å²) in [5.41, 5.74) is 8.57. The lowest BCUT2D eigenvalue weighted by Crippen LogP contribution is -2.34. The van der Waals surface area contributed by atoms with E-state index in [2.05, 4.69) is 26.7 Å². The highest BCUT2D eigenvalue weighted by Gasteiger charge is 2.32. The minimum atomic E-state index is -0.855. The number of fused-ring (bicyclic) bond motifs is 3. The largest absolute Gasteiger partial charge is 0.480 e. The van der Waals surface area contributed by atoms with Crippen molar-refractivity contribution in [3.05, 3.63) is 80.3 Å². The zero-order valence-corrected chi connectivity index (χ0v) is 25.5. The van der Waals surface area contributed by atoms with Gasteiger partial charge < -0.3 is 25.2 Å². The van der Waals surface area contributed by atoms with Crippen molar-refractivity contribution in [2.24, 2.45) is 7.05 Å². The van der Waals surface area contributed by atoms with Crippen molar-refractivity contribution in [3.63, 3.8) is 0 Å². The Bertz CT molecular complexity index is 1830. The highest BCUT2D eigenvalue weighted by molar-refractivity contribution is 7.13. The Balaban J connectivity index is 1.13. The highest BCUT2D eigenvalue weighted by Crippen LogP contribution is 2.40. The smallest absolute Gasteiger partial charge is 0.317 e. The summed E-state index contributed by atoms with van der Waals surface area (Å²) in [6, 6.07) is 11.9. The quantitative estimate of drug-likeness (QED) is 0.302. The number of aliphatic carboxylic acids is 1. The SMILES string of the molecule is Cc1c(NC(=O)c2nc3c(n2C)CNCC3)cccc1-c1cccc2c1CCN2C(=O)c1nc2c(s1)CN(CC(=O)O)CC2. The third-order valence-corrected chi connectivity index (χ3v) is 9.90. The Hall–Kier alpha value is -4.39. The van der Waals surface area contributed by atoms with Crippen molar-refractivity contribution in [1.29, 1.82) is 0 Å². The maximum absolute atomic E-state index is 13.7. The molecule has 11 nitrogen and oxygen atoms in total. The maximum atomic E-state index is 13.7. The van der Waals surface area contributed by atoms with Crippen LogP contribution in [0.15, 0.2) is 36.4 Å². The molecular formula is C32H33N7O4S. The second-order valence-electron chi connectivity index (χ2n) is 11.5. The van der Waals surface area contributed by atoms with Gasteiger partial charge in [-0.2, -0.15) is 0 Å². The Labute approximate surface area is 258 Å². The first-order chi connectivity index (χ1) is 21.3. The lowest BCUT2D eigenvalue weighted by Gasteiger charge is -2.23. The lowest BCUT2D eigenvalue weighted by molar-refractivity contribution is -0.138. The predicted molar refractivity (Wildman–Crippen MR) is 167 cm³/mol. The molecule has 2 amide bonds. The molecule has 0 aliphatic carbocycles. The average Bonchev–Trinajstić information content (AvgIpc) is 3.73. The van der Waals surface area contributed by atoms with Gasteiger partial charge in [-0.15, -0.1) is 11.3 Å². The van der Waals surface area contributed by atoms with E-state index in [9.17, 15) is 14.4 Å². The van der Waals surface area contributed by atoms with Gasteiger partial charge in [0.2, 0.25) is 0 Å². The zero-order valence-electron chi connectivity index (χ0n) is 24.6. The number of hydrogen-bond acceptors (Lipinski definition) is 8. The van der Waals surface area contributed by atoms with Crippen LogP contribution in [0.1, 0.15) is 53.5 Å². The first kappa shape index (κ1) is 28.4. The molecule has 5 heterocycles. The second-order valence-corrected chi connectivity index (χ2v) is 12.6. The molecule has 7 rings (SSSR count). The first-order valence-electron chi connectivity index (χ1n) is 14.8. The summed E-state index contributed by atoms with van der Waals surface area (Å²) in [4.78, 5) is 52.2. The number of carbonyl (C=O) groups is 3. The van der Waals surface area contributed by atoms with Crippen LogP contribution >= 0.6 is 11.3 Å². The molecule has 44 heavy (non-hydrogen) atoms. The summed E-state index contributed by atoms with van der Waals surface area (Å²) in [6.07, 6.45) is 2.15. The van der Waals surface area contributed by atoms with Gasteiger partial charge in [-0.3, -0.25) is 19.3 Å². The predicted octanol–water partition coefficient (Wildman–Crippen LogP) is 3.40. The molecule has 3 aliphatic heterocycles. The van der Waals surface area contributed by atoms with E-state index in [0.717, 1.165) is 68.6 Å². The monoisotopic (exact) mass is 611 g/mol. The topological polar surface area (TPSA) is 133 Å². The number of nitrogens with zero attached hydrogens (tertiary/aromatic N) is 5. The zero-order chi connectivity index (χ0) is 30.5. The number of aromatic nitrogens is 3. The van der Waals surface area contributed by atoms with Gasteiger partial charge in [-0.25, -0.2) is 9.97 Å². The minimum Gasteiger partial charge on any atom is -0.480 e. The third kappa shape index (κ3) is 4.98. The molecule has 0 bridgehead atoms. The van der Waals surface area contributed by atoms with Gasteiger partial charge in [-0.1, -0.05) is 24.3 Å². The van der Waals surface area contributed by atoms with Crippen molar-refractivity contribution < 1.29 is 19.5 Å². The summed E-state index contributed by atoms with van der Waals surface area (Å²) in [7, 11) is 1.88. The molecule has 3 aliphatic rings. The van der Waals surface area contributed by atoms with Gasteiger partial charge >= 0.3 is 5.97 Å². The number of imidazole rings is 1. The van der Waals surface area contributed by atoms with Crippen molar-refractivity contribution in [2.45, 2.75) is 39.3 Å². The molecule has 3 N–H and O–H groups in total. The van der Waals surface area contributed by atoms with Gasteiger partial charge in [0, 0.05) is 68.9 Å². The van der Waals surface area contributed by atoms with Gasteiger partial charge in [0.1, 0.15) is 0 Å². The van der Waals surface area contributed by atoms with E-state index >= 15 is 0 Å². The molecule has 0 atom stereocenters. The van der Waals surface area contributed by atoms with E-state index < -0.39 is 5.97 Å². The summed E-state index contributed by atoms with van der Waals surface area (Å²) >= 11 is 1.37. The average molecular weight is 612 g/mol. The van der Waals surface area contributed by atoms with E-state index in [0.29, 0.717) is 49.9 Å². The van der Waals surface area contributed by atoms with Crippen LogP contribution in [-0.4, -0.2) is 68.5 Å². The van der Waals surface area contributed by atoms with E-state index in [1.165, 1.54) is 11.3 Å². The third-order valence-electron chi connectivity index (χ3n) is 8.83. The van der Waals surface area contributed by atoms with Crippen molar-refractivity contribution >= 4 is 40.5 Å². The van der Waals surface area contributed by atoms with Crippen LogP contribution in [0.3, 0.4) is 0 Å². The first-order valence-corrected chi connectivity index (χ1v) is 15.6. The number of hydrogen-bond donors (Lipinski definition) is 3. The van der Waals surface area contributed by atoms with Gasteiger partial charge in [-0.05, 0) is 47.7 Å². The fourth-order valence-corrected chi connectivity index (χ4v) is 7.65. The van der Waals surface area contributed by atoms with Crippen LogP contribution in [0.5, 0.6) is 0 Å². The number of carboxylic acid groups (broad SMARTS) is 1. The number of amides is 2. The number of thiazole rings is 1. The number of anilines is 2. The molecule has 0 spiro atoms. The van der Waals surface area contributed by atoms with E-state index in [-0.39, 0.29) is 18.4 Å². The molecule has 12 heteroatoms. The fourth-order valence-electron chi connectivity index (χ4n) is 6.55.